The van der Waals surface area contributed by atoms with Crippen LogP contribution in [-0.4, -0.2) is 45.0 Å². The summed E-state index contributed by atoms with van der Waals surface area (Å²) in [5.41, 5.74) is 0. The summed E-state index contributed by atoms with van der Waals surface area (Å²) < 4.78 is 1.93. The average Bonchev–Trinajstić information content (AvgIpc) is 2.52. The number of hydrogen-bond donors (Lipinski definition) is 1. The molecule has 0 saturated heterocycles. The highest BCUT2D eigenvalue weighted by atomic mass is 16.3. The molecule has 0 aliphatic rings. The van der Waals surface area contributed by atoms with E-state index >= 15 is 0 Å². The van der Waals surface area contributed by atoms with E-state index < -0.39 is 0 Å². The molecule has 1 heterocycles. The van der Waals surface area contributed by atoms with Gasteiger partial charge in [-0.05, 0) is 13.0 Å². The summed E-state index contributed by atoms with van der Waals surface area (Å²) in [6.07, 6.45) is 1.59. The van der Waals surface area contributed by atoms with Crippen LogP contribution in [0.2, 0.25) is 0 Å². The highest BCUT2D eigenvalue weighted by Gasteiger charge is 2.08. The van der Waals surface area contributed by atoms with Crippen LogP contribution < -0.4 is 0 Å². The van der Waals surface area contributed by atoms with E-state index in [0.29, 0.717) is 12.5 Å². The van der Waals surface area contributed by atoms with Crippen LogP contribution in [0, 0.1) is 5.92 Å². The zero-order valence-corrected chi connectivity index (χ0v) is 9.72. The van der Waals surface area contributed by atoms with Gasteiger partial charge in [0.25, 0.3) is 0 Å². The Morgan fingerprint density at radius 1 is 1.53 bits per heavy atom. The fourth-order valence-corrected chi connectivity index (χ4v) is 1.40. The van der Waals surface area contributed by atoms with Crippen LogP contribution in [0.15, 0.2) is 6.33 Å². The van der Waals surface area contributed by atoms with Crippen molar-refractivity contribution in [3.05, 3.63) is 12.2 Å². The minimum Gasteiger partial charge on any atom is -0.395 e. The first-order valence-electron chi connectivity index (χ1n) is 5.29. The van der Waals surface area contributed by atoms with Gasteiger partial charge < -0.3 is 5.11 Å². The quantitative estimate of drug-likeness (QED) is 0.739. The molecular formula is C10H20N4O. The first kappa shape index (κ1) is 12.1. The third-order valence-electron chi connectivity index (χ3n) is 2.13. The zero-order chi connectivity index (χ0) is 11.3. The topological polar surface area (TPSA) is 54.2 Å². The van der Waals surface area contributed by atoms with Gasteiger partial charge in [0.05, 0.1) is 13.2 Å². The molecule has 1 N–H and O–H groups in total. The van der Waals surface area contributed by atoms with Crippen molar-refractivity contribution in [1.29, 1.82) is 0 Å². The normalized spacial score (nSPS) is 11.6. The second-order valence-electron chi connectivity index (χ2n) is 4.21. The molecule has 0 aromatic carbocycles. The van der Waals surface area contributed by atoms with Crippen LogP contribution >= 0.6 is 0 Å². The summed E-state index contributed by atoms with van der Waals surface area (Å²) in [6.45, 7) is 6.77. The molecule has 1 rings (SSSR count). The molecule has 0 bridgehead atoms. The number of rotatable bonds is 6. The highest BCUT2D eigenvalue weighted by Crippen LogP contribution is 2.03. The number of aromatic nitrogens is 3. The fourth-order valence-electron chi connectivity index (χ4n) is 1.40. The Balaban J connectivity index is 2.56. The van der Waals surface area contributed by atoms with Crippen molar-refractivity contribution < 1.29 is 5.11 Å². The van der Waals surface area contributed by atoms with Crippen LogP contribution in [0.25, 0.3) is 0 Å². The molecule has 1 aromatic heterocycles. The molecule has 86 valence electrons. The monoisotopic (exact) mass is 212 g/mol. The Kier molecular flexibility index (Phi) is 4.71. The molecule has 0 unspecified atom stereocenters. The number of likely N-dealkylation sites (N-methyl/N-ethyl adjacent to an activating group) is 1. The van der Waals surface area contributed by atoms with Crippen LogP contribution in [0.5, 0.6) is 0 Å². The second kappa shape index (κ2) is 5.82. The van der Waals surface area contributed by atoms with Gasteiger partial charge in [-0.15, -0.1) is 0 Å². The molecule has 0 aliphatic heterocycles. The molecule has 0 radical (unpaired) electrons. The Morgan fingerprint density at radius 2 is 2.27 bits per heavy atom. The molecule has 0 spiro atoms. The van der Waals surface area contributed by atoms with E-state index in [9.17, 15) is 0 Å². The Morgan fingerprint density at radius 3 is 2.87 bits per heavy atom. The van der Waals surface area contributed by atoms with E-state index in [0.717, 1.165) is 18.9 Å². The maximum absolute atomic E-state index is 8.80. The third kappa shape index (κ3) is 3.97. The summed E-state index contributed by atoms with van der Waals surface area (Å²) >= 11 is 0. The molecule has 0 atom stereocenters. The lowest BCUT2D eigenvalue weighted by Crippen LogP contribution is -2.24. The average molecular weight is 212 g/mol. The molecule has 0 fully saturated rings. The van der Waals surface area contributed by atoms with Crippen molar-refractivity contribution in [2.45, 2.75) is 26.9 Å². The second-order valence-corrected chi connectivity index (χ2v) is 4.21. The van der Waals surface area contributed by atoms with Crippen LogP contribution in [-0.2, 0) is 13.1 Å². The standard InChI is InChI=1S/C10H20N4O/c1-9(2)6-14-10(11-8-12-14)7-13(3)4-5-15/h8-9,15H,4-7H2,1-3H3. The molecule has 5 nitrogen and oxygen atoms in total. The van der Waals surface area contributed by atoms with Crippen LogP contribution in [0.1, 0.15) is 19.7 Å². The first-order chi connectivity index (χ1) is 7.13. The predicted octanol–water partition coefficient (Wildman–Crippen LogP) is 0.358. The number of aliphatic hydroxyl groups excluding tert-OH is 1. The smallest absolute Gasteiger partial charge is 0.141 e. The van der Waals surface area contributed by atoms with Crippen molar-refractivity contribution in [3.63, 3.8) is 0 Å². The van der Waals surface area contributed by atoms with E-state index in [-0.39, 0.29) is 6.61 Å². The molecule has 0 amide bonds. The molecule has 15 heavy (non-hydrogen) atoms. The molecule has 1 aromatic rings. The largest absolute Gasteiger partial charge is 0.395 e. The molecule has 5 heteroatoms. The van der Waals surface area contributed by atoms with E-state index in [1.54, 1.807) is 6.33 Å². The summed E-state index contributed by atoms with van der Waals surface area (Å²) in [7, 11) is 1.96. The molecule has 0 aliphatic carbocycles. The summed E-state index contributed by atoms with van der Waals surface area (Å²) in [5, 5.41) is 13.0. The lowest BCUT2D eigenvalue weighted by atomic mass is 10.2. The Labute approximate surface area is 90.7 Å². The van der Waals surface area contributed by atoms with Gasteiger partial charge in [-0.3, -0.25) is 4.90 Å². The van der Waals surface area contributed by atoms with Crippen molar-refractivity contribution in [1.82, 2.24) is 19.7 Å². The minimum atomic E-state index is 0.175. The Bertz CT molecular complexity index is 285. The van der Waals surface area contributed by atoms with Gasteiger partial charge in [0.1, 0.15) is 12.2 Å². The predicted molar refractivity (Wildman–Crippen MR) is 58.3 cm³/mol. The highest BCUT2D eigenvalue weighted by molar-refractivity contribution is 4.84. The van der Waals surface area contributed by atoms with E-state index in [1.165, 1.54) is 0 Å². The minimum absolute atomic E-state index is 0.175. The fraction of sp³-hybridized carbons (Fsp3) is 0.800. The van der Waals surface area contributed by atoms with Gasteiger partial charge in [-0.2, -0.15) is 5.10 Å². The van der Waals surface area contributed by atoms with Crippen LogP contribution in [0.3, 0.4) is 0 Å². The zero-order valence-electron chi connectivity index (χ0n) is 9.72. The summed E-state index contributed by atoms with van der Waals surface area (Å²) in [5.74, 6) is 1.52. The van der Waals surface area contributed by atoms with Crippen molar-refractivity contribution in [3.8, 4) is 0 Å². The van der Waals surface area contributed by atoms with Gasteiger partial charge in [0.2, 0.25) is 0 Å². The van der Waals surface area contributed by atoms with Crippen molar-refractivity contribution >= 4 is 0 Å². The van der Waals surface area contributed by atoms with Crippen molar-refractivity contribution in [2.24, 2.45) is 5.92 Å². The van der Waals surface area contributed by atoms with Gasteiger partial charge in [0.15, 0.2) is 0 Å². The lowest BCUT2D eigenvalue weighted by molar-refractivity contribution is 0.212. The maximum atomic E-state index is 8.80. The van der Waals surface area contributed by atoms with Gasteiger partial charge in [0, 0.05) is 13.1 Å². The van der Waals surface area contributed by atoms with Crippen LogP contribution in [0.4, 0.5) is 0 Å². The van der Waals surface area contributed by atoms with Gasteiger partial charge in [-0.25, -0.2) is 9.67 Å². The molecule has 0 saturated carbocycles. The number of nitrogens with zero attached hydrogens (tertiary/aromatic N) is 4. The summed E-state index contributed by atoms with van der Waals surface area (Å²) in [6, 6.07) is 0. The number of hydrogen-bond acceptors (Lipinski definition) is 4. The summed E-state index contributed by atoms with van der Waals surface area (Å²) in [4.78, 5) is 6.25. The molecular weight excluding hydrogens is 192 g/mol. The van der Waals surface area contributed by atoms with Crippen molar-refractivity contribution in [2.75, 3.05) is 20.2 Å². The third-order valence-corrected chi connectivity index (χ3v) is 2.13. The first-order valence-corrected chi connectivity index (χ1v) is 5.29. The SMILES string of the molecule is CC(C)Cn1ncnc1CN(C)CCO. The van der Waals surface area contributed by atoms with Gasteiger partial charge >= 0.3 is 0 Å². The van der Waals surface area contributed by atoms with Gasteiger partial charge in [-0.1, -0.05) is 13.8 Å². The van der Waals surface area contributed by atoms with E-state index in [1.807, 2.05) is 16.6 Å². The maximum Gasteiger partial charge on any atom is 0.141 e. The number of aliphatic hydroxyl groups is 1. The van der Waals surface area contributed by atoms with E-state index in [2.05, 4.69) is 23.9 Å². The lowest BCUT2D eigenvalue weighted by Gasteiger charge is -2.15. The Hall–Kier alpha value is -0.940. The van der Waals surface area contributed by atoms with E-state index in [4.69, 9.17) is 5.11 Å².